The molecule has 6 nitrogen and oxygen atoms in total. The van der Waals surface area contributed by atoms with Crippen LogP contribution in [0.25, 0.3) is 11.0 Å². The van der Waals surface area contributed by atoms with Crippen molar-refractivity contribution in [2.24, 2.45) is 0 Å². The van der Waals surface area contributed by atoms with E-state index in [9.17, 15) is 4.39 Å². The van der Waals surface area contributed by atoms with Crippen molar-refractivity contribution in [2.75, 3.05) is 0 Å². The van der Waals surface area contributed by atoms with Gasteiger partial charge in [-0.05, 0) is 12.1 Å². The van der Waals surface area contributed by atoms with E-state index in [0.717, 1.165) is 6.20 Å². The summed E-state index contributed by atoms with van der Waals surface area (Å²) < 4.78 is 14.6. The third-order valence-corrected chi connectivity index (χ3v) is 2.57. The SMILES string of the molecule is N#Cc1nn(Cc2ncccn2)c2ncc(F)cc12. The number of hydrogen-bond donors (Lipinski definition) is 0. The fourth-order valence-electron chi connectivity index (χ4n) is 1.77. The molecular weight excluding hydrogens is 247 g/mol. The van der Waals surface area contributed by atoms with E-state index in [1.165, 1.54) is 10.7 Å². The van der Waals surface area contributed by atoms with Crippen LogP contribution in [0, 0.1) is 17.1 Å². The second kappa shape index (κ2) is 4.42. The molecule has 0 atom stereocenters. The fraction of sp³-hybridized carbons (Fsp3) is 0.0833. The first-order chi connectivity index (χ1) is 9.28. The third-order valence-electron chi connectivity index (χ3n) is 2.57. The maximum Gasteiger partial charge on any atom is 0.172 e. The zero-order chi connectivity index (χ0) is 13.2. The summed E-state index contributed by atoms with van der Waals surface area (Å²) in [4.78, 5) is 12.1. The van der Waals surface area contributed by atoms with Crippen LogP contribution >= 0.6 is 0 Å². The molecule has 0 N–H and O–H groups in total. The molecule has 19 heavy (non-hydrogen) atoms. The molecule has 0 aromatic carbocycles. The Balaban J connectivity index is 2.12. The fourth-order valence-corrected chi connectivity index (χ4v) is 1.77. The van der Waals surface area contributed by atoms with E-state index in [0.29, 0.717) is 16.9 Å². The molecule has 0 bridgehead atoms. The van der Waals surface area contributed by atoms with Crippen LogP contribution in [0.3, 0.4) is 0 Å². The molecular formula is C12H7FN6. The van der Waals surface area contributed by atoms with Gasteiger partial charge in [0.25, 0.3) is 0 Å². The van der Waals surface area contributed by atoms with Gasteiger partial charge >= 0.3 is 0 Å². The number of aromatic nitrogens is 5. The lowest BCUT2D eigenvalue weighted by Crippen LogP contribution is -2.06. The van der Waals surface area contributed by atoms with Crippen molar-refractivity contribution in [1.82, 2.24) is 24.7 Å². The van der Waals surface area contributed by atoms with Crippen LogP contribution in [0.5, 0.6) is 0 Å². The smallest absolute Gasteiger partial charge is 0.172 e. The Morgan fingerprint density at radius 1 is 1.26 bits per heavy atom. The highest BCUT2D eigenvalue weighted by molar-refractivity contribution is 5.80. The van der Waals surface area contributed by atoms with E-state index in [2.05, 4.69) is 20.1 Å². The quantitative estimate of drug-likeness (QED) is 0.688. The number of hydrogen-bond acceptors (Lipinski definition) is 5. The first-order valence-corrected chi connectivity index (χ1v) is 5.46. The van der Waals surface area contributed by atoms with Gasteiger partial charge in [-0.15, -0.1) is 0 Å². The van der Waals surface area contributed by atoms with Crippen molar-refractivity contribution in [3.63, 3.8) is 0 Å². The second-order valence-corrected chi connectivity index (χ2v) is 3.81. The molecule has 3 heterocycles. The summed E-state index contributed by atoms with van der Waals surface area (Å²) in [5.74, 6) is 0.0435. The minimum absolute atomic E-state index is 0.137. The summed E-state index contributed by atoms with van der Waals surface area (Å²) >= 11 is 0. The number of nitriles is 1. The minimum atomic E-state index is -0.500. The van der Waals surface area contributed by atoms with E-state index >= 15 is 0 Å². The van der Waals surface area contributed by atoms with E-state index < -0.39 is 5.82 Å². The molecule has 0 aliphatic carbocycles. The lowest BCUT2D eigenvalue weighted by atomic mass is 10.3. The second-order valence-electron chi connectivity index (χ2n) is 3.81. The van der Waals surface area contributed by atoms with Crippen LogP contribution in [0.15, 0.2) is 30.7 Å². The summed E-state index contributed by atoms with van der Waals surface area (Å²) in [6.07, 6.45) is 4.33. The first-order valence-electron chi connectivity index (χ1n) is 5.46. The summed E-state index contributed by atoms with van der Waals surface area (Å²) in [6, 6.07) is 4.88. The standard InChI is InChI=1S/C12H7FN6/c13-8-4-9-10(5-14)18-19(12(9)17-6-8)7-11-15-2-1-3-16-11/h1-4,6H,7H2. The Morgan fingerprint density at radius 2 is 2.05 bits per heavy atom. The molecule has 0 saturated carbocycles. The monoisotopic (exact) mass is 254 g/mol. The zero-order valence-corrected chi connectivity index (χ0v) is 9.66. The summed E-state index contributed by atoms with van der Waals surface area (Å²) in [5.41, 5.74) is 0.573. The number of rotatable bonds is 2. The molecule has 0 amide bonds. The van der Waals surface area contributed by atoms with E-state index in [1.807, 2.05) is 6.07 Å². The van der Waals surface area contributed by atoms with E-state index in [1.54, 1.807) is 18.5 Å². The zero-order valence-electron chi connectivity index (χ0n) is 9.66. The van der Waals surface area contributed by atoms with Gasteiger partial charge in [0.15, 0.2) is 11.3 Å². The Kier molecular flexibility index (Phi) is 2.61. The van der Waals surface area contributed by atoms with Gasteiger partial charge in [-0.3, -0.25) is 0 Å². The van der Waals surface area contributed by atoms with Gasteiger partial charge < -0.3 is 0 Å². The molecule has 0 unspecified atom stereocenters. The lowest BCUT2D eigenvalue weighted by Gasteiger charge is -2.00. The van der Waals surface area contributed by atoms with Gasteiger partial charge in [-0.1, -0.05) is 0 Å². The van der Waals surface area contributed by atoms with Gasteiger partial charge in [0, 0.05) is 12.4 Å². The summed E-state index contributed by atoms with van der Waals surface area (Å²) in [7, 11) is 0. The predicted octanol–water partition coefficient (Wildman–Crippen LogP) is 1.28. The van der Waals surface area contributed by atoms with Crippen molar-refractivity contribution in [3.05, 3.63) is 48.1 Å². The molecule has 3 rings (SSSR count). The number of fused-ring (bicyclic) bond motifs is 1. The third kappa shape index (κ3) is 1.99. The molecule has 0 fully saturated rings. The number of nitrogens with zero attached hydrogens (tertiary/aromatic N) is 6. The molecule has 0 radical (unpaired) electrons. The van der Waals surface area contributed by atoms with Gasteiger partial charge in [0.1, 0.15) is 24.3 Å². The summed E-state index contributed by atoms with van der Waals surface area (Å²) in [6.45, 7) is 0.275. The van der Waals surface area contributed by atoms with Gasteiger partial charge in [-0.2, -0.15) is 10.4 Å². The Bertz CT molecular complexity index is 774. The highest BCUT2D eigenvalue weighted by atomic mass is 19.1. The van der Waals surface area contributed by atoms with Gasteiger partial charge in [0.05, 0.1) is 11.6 Å². The van der Waals surface area contributed by atoms with Crippen LogP contribution < -0.4 is 0 Å². The highest BCUT2D eigenvalue weighted by Crippen LogP contribution is 2.17. The Morgan fingerprint density at radius 3 is 2.79 bits per heavy atom. The molecule has 0 saturated heterocycles. The van der Waals surface area contributed by atoms with Crippen LogP contribution in [0.1, 0.15) is 11.5 Å². The van der Waals surface area contributed by atoms with Gasteiger partial charge in [-0.25, -0.2) is 24.0 Å². The molecule has 0 spiro atoms. The number of halogens is 1. The molecule has 0 aliphatic heterocycles. The minimum Gasteiger partial charge on any atom is -0.239 e. The van der Waals surface area contributed by atoms with Crippen LogP contribution in [0.2, 0.25) is 0 Å². The number of pyridine rings is 1. The average molecular weight is 254 g/mol. The maximum absolute atomic E-state index is 13.2. The maximum atomic E-state index is 13.2. The Labute approximate surface area is 107 Å². The molecule has 3 aromatic heterocycles. The van der Waals surface area contributed by atoms with E-state index in [-0.39, 0.29) is 12.2 Å². The van der Waals surface area contributed by atoms with Crippen molar-refractivity contribution in [3.8, 4) is 6.07 Å². The lowest BCUT2D eigenvalue weighted by molar-refractivity contribution is 0.622. The molecule has 7 heteroatoms. The molecule has 92 valence electrons. The predicted molar refractivity (Wildman–Crippen MR) is 63.3 cm³/mol. The summed E-state index contributed by atoms with van der Waals surface area (Å²) in [5, 5.41) is 13.5. The first kappa shape index (κ1) is 11.2. The van der Waals surface area contributed by atoms with Crippen LogP contribution in [-0.4, -0.2) is 24.7 Å². The topological polar surface area (TPSA) is 80.3 Å². The van der Waals surface area contributed by atoms with E-state index in [4.69, 9.17) is 5.26 Å². The Hall–Kier alpha value is -2.88. The van der Waals surface area contributed by atoms with Crippen molar-refractivity contribution < 1.29 is 4.39 Å². The van der Waals surface area contributed by atoms with Crippen LogP contribution in [-0.2, 0) is 6.54 Å². The van der Waals surface area contributed by atoms with Crippen molar-refractivity contribution in [1.29, 1.82) is 5.26 Å². The average Bonchev–Trinajstić information content (AvgIpc) is 2.77. The largest absolute Gasteiger partial charge is 0.239 e. The van der Waals surface area contributed by atoms with Crippen LogP contribution in [0.4, 0.5) is 4.39 Å². The molecule has 0 aliphatic rings. The van der Waals surface area contributed by atoms with Crippen molar-refractivity contribution >= 4 is 11.0 Å². The highest BCUT2D eigenvalue weighted by Gasteiger charge is 2.13. The van der Waals surface area contributed by atoms with Gasteiger partial charge in [0.2, 0.25) is 0 Å². The van der Waals surface area contributed by atoms with Crippen molar-refractivity contribution in [2.45, 2.75) is 6.54 Å². The normalized spacial score (nSPS) is 10.5. The molecule has 3 aromatic rings.